The van der Waals surface area contributed by atoms with Crippen molar-refractivity contribution < 1.29 is 9.53 Å². The third-order valence-electron chi connectivity index (χ3n) is 3.33. The van der Waals surface area contributed by atoms with Crippen LogP contribution in [0.25, 0.3) is 0 Å². The van der Waals surface area contributed by atoms with Crippen LogP contribution >= 0.6 is 0 Å². The van der Waals surface area contributed by atoms with E-state index in [1.54, 1.807) is 12.1 Å². The molecule has 0 saturated carbocycles. The highest BCUT2D eigenvalue weighted by Gasteiger charge is 2.08. The Morgan fingerprint density at radius 1 is 1.05 bits per heavy atom. The van der Waals surface area contributed by atoms with Crippen LogP contribution < -0.4 is 0 Å². The van der Waals surface area contributed by atoms with Gasteiger partial charge in [-0.25, -0.2) is 4.79 Å². The van der Waals surface area contributed by atoms with Crippen molar-refractivity contribution in [3.05, 3.63) is 35.9 Å². The van der Waals surface area contributed by atoms with Crippen LogP contribution in [0.15, 0.2) is 30.3 Å². The third kappa shape index (κ3) is 7.00. The third-order valence-corrected chi connectivity index (χ3v) is 3.33. The van der Waals surface area contributed by atoms with E-state index in [1.807, 2.05) is 18.2 Å². The number of carbonyl (C=O) groups is 1. The zero-order chi connectivity index (χ0) is 14.1. The fraction of sp³-hybridized carbons (Fsp3) is 0.588. The van der Waals surface area contributed by atoms with Crippen molar-refractivity contribution in [1.82, 2.24) is 0 Å². The number of carbonyl (C=O) groups excluding carboxylic acids is 1. The molecule has 0 saturated heterocycles. The molecule has 1 atom stereocenters. The lowest BCUT2D eigenvalue weighted by Gasteiger charge is -2.12. The van der Waals surface area contributed by atoms with E-state index in [0.29, 0.717) is 18.1 Å². The van der Waals surface area contributed by atoms with Crippen molar-refractivity contribution in [1.29, 1.82) is 0 Å². The highest BCUT2D eigenvalue weighted by atomic mass is 16.5. The molecule has 1 aromatic rings. The predicted molar refractivity (Wildman–Crippen MR) is 79.2 cm³/mol. The van der Waals surface area contributed by atoms with Crippen LogP contribution in [0.2, 0.25) is 0 Å². The lowest BCUT2D eigenvalue weighted by Crippen LogP contribution is -2.09. The van der Waals surface area contributed by atoms with Gasteiger partial charge in [-0.3, -0.25) is 0 Å². The molecule has 0 heterocycles. The molecule has 1 rings (SSSR count). The summed E-state index contributed by atoms with van der Waals surface area (Å²) in [7, 11) is 0. The van der Waals surface area contributed by atoms with Crippen molar-refractivity contribution in [2.24, 2.45) is 11.8 Å². The van der Waals surface area contributed by atoms with E-state index in [-0.39, 0.29) is 5.97 Å². The van der Waals surface area contributed by atoms with Gasteiger partial charge in [-0.2, -0.15) is 0 Å². The Morgan fingerprint density at radius 2 is 1.74 bits per heavy atom. The summed E-state index contributed by atoms with van der Waals surface area (Å²) in [6.45, 7) is 7.27. The molecule has 0 bridgehead atoms. The van der Waals surface area contributed by atoms with Crippen LogP contribution in [-0.4, -0.2) is 12.6 Å². The molecular weight excluding hydrogens is 236 g/mol. The van der Waals surface area contributed by atoms with Gasteiger partial charge in [0.15, 0.2) is 0 Å². The van der Waals surface area contributed by atoms with Gasteiger partial charge in [0, 0.05) is 0 Å². The van der Waals surface area contributed by atoms with E-state index < -0.39 is 0 Å². The number of hydrogen-bond acceptors (Lipinski definition) is 2. The van der Waals surface area contributed by atoms with Gasteiger partial charge in [-0.05, 0) is 30.4 Å². The Bertz CT molecular complexity index is 357. The minimum absolute atomic E-state index is 0.213. The number of esters is 1. The van der Waals surface area contributed by atoms with Crippen molar-refractivity contribution in [3.8, 4) is 0 Å². The minimum Gasteiger partial charge on any atom is -0.462 e. The van der Waals surface area contributed by atoms with Gasteiger partial charge >= 0.3 is 5.97 Å². The molecular formula is C17H26O2. The summed E-state index contributed by atoms with van der Waals surface area (Å²) in [5.74, 6) is 1.19. The molecule has 0 spiro atoms. The molecule has 0 N–H and O–H groups in total. The van der Waals surface area contributed by atoms with E-state index >= 15 is 0 Å². The smallest absolute Gasteiger partial charge is 0.338 e. The zero-order valence-corrected chi connectivity index (χ0v) is 12.4. The molecule has 0 amide bonds. The lowest BCUT2D eigenvalue weighted by molar-refractivity contribution is 0.0483. The van der Waals surface area contributed by atoms with Gasteiger partial charge < -0.3 is 4.74 Å². The lowest BCUT2D eigenvalue weighted by atomic mass is 9.98. The van der Waals surface area contributed by atoms with Crippen LogP contribution in [-0.2, 0) is 4.74 Å². The SMILES string of the molecule is CC(C)CCCC(C)CCOC(=O)c1ccccc1. The Kier molecular flexibility index (Phi) is 7.24. The molecule has 1 unspecified atom stereocenters. The maximum atomic E-state index is 11.7. The van der Waals surface area contributed by atoms with Gasteiger partial charge in [0.25, 0.3) is 0 Å². The summed E-state index contributed by atoms with van der Waals surface area (Å²) in [6, 6.07) is 9.17. The summed E-state index contributed by atoms with van der Waals surface area (Å²) in [4.78, 5) is 11.7. The minimum atomic E-state index is -0.213. The van der Waals surface area contributed by atoms with E-state index in [9.17, 15) is 4.79 Å². The summed E-state index contributed by atoms with van der Waals surface area (Å²) in [5.41, 5.74) is 0.634. The first-order chi connectivity index (χ1) is 9.09. The quantitative estimate of drug-likeness (QED) is 0.635. The molecule has 2 nitrogen and oxygen atoms in total. The van der Waals surface area contributed by atoms with Gasteiger partial charge in [-0.15, -0.1) is 0 Å². The van der Waals surface area contributed by atoms with Crippen molar-refractivity contribution in [2.45, 2.75) is 46.5 Å². The Morgan fingerprint density at radius 3 is 2.37 bits per heavy atom. The number of benzene rings is 1. The molecule has 19 heavy (non-hydrogen) atoms. The topological polar surface area (TPSA) is 26.3 Å². The molecule has 106 valence electrons. The average Bonchev–Trinajstić information content (AvgIpc) is 2.39. The number of ether oxygens (including phenoxy) is 1. The Balaban J connectivity index is 2.14. The summed E-state index contributed by atoms with van der Waals surface area (Å²) >= 11 is 0. The first kappa shape index (κ1) is 15.7. The van der Waals surface area contributed by atoms with Crippen LogP contribution in [0.4, 0.5) is 0 Å². The van der Waals surface area contributed by atoms with Gasteiger partial charge in [-0.1, -0.05) is 58.2 Å². The van der Waals surface area contributed by atoms with Crippen LogP contribution in [0.5, 0.6) is 0 Å². The van der Waals surface area contributed by atoms with Crippen LogP contribution in [0.1, 0.15) is 56.8 Å². The van der Waals surface area contributed by atoms with E-state index in [1.165, 1.54) is 19.3 Å². The molecule has 0 aromatic heterocycles. The summed E-state index contributed by atoms with van der Waals surface area (Å²) in [5, 5.41) is 0. The molecule has 2 heteroatoms. The largest absolute Gasteiger partial charge is 0.462 e. The molecule has 0 aliphatic rings. The molecule has 1 aromatic carbocycles. The maximum Gasteiger partial charge on any atom is 0.338 e. The Hall–Kier alpha value is -1.31. The first-order valence-electron chi connectivity index (χ1n) is 7.31. The standard InChI is InChI=1S/C17H26O2/c1-14(2)8-7-9-15(3)12-13-19-17(18)16-10-5-4-6-11-16/h4-6,10-11,14-15H,7-9,12-13H2,1-3H3. The molecule has 0 aliphatic carbocycles. The second-order valence-corrected chi connectivity index (χ2v) is 5.72. The summed E-state index contributed by atoms with van der Waals surface area (Å²) < 4.78 is 5.29. The number of hydrogen-bond donors (Lipinski definition) is 0. The molecule has 0 fully saturated rings. The van der Waals surface area contributed by atoms with Gasteiger partial charge in [0.1, 0.15) is 0 Å². The first-order valence-corrected chi connectivity index (χ1v) is 7.31. The normalized spacial score (nSPS) is 12.4. The predicted octanol–water partition coefficient (Wildman–Crippen LogP) is 4.70. The van der Waals surface area contributed by atoms with E-state index in [4.69, 9.17) is 4.74 Å². The van der Waals surface area contributed by atoms with E-state index in [0.717, 1.165) is 12.3 Å². The van der Waals surface area contributed by atoms with Gasteiger partial charge in [0.05, 0.1) is 12.2 Å². The van der Waals surface area contributed by atoms with Crippen LogP contribution in [0, 0.1) is 11.8 Å². The van der Waals surface area contributed by atoms with Gasteiger partial charge in [0.2, 0.25) is 0 Å². The molecule has 0 aliphatic heterocycles. The fourth-order valence-corrected chi connectivity index (χ4v) is 2.03. The fourth-order valence-electron chi connectivity index (χ4n) is 2.03. The van der Waals surface area contributed by atoms with Crippen molar-refractivity contribution in [3.63, 3.8) is 0 Å². The maximum absolute atomic E-state index is 11.7. The Labute approximate surface area is 117 Å². The van der Waals surface area contributed by atoms with E-state index in [2.05, 4.69) is 20.8 Å². The second kappa shape index (κ2) is 8.73. The van der Waals surface area contributed by atoms with Crippen molar-refractivity contribution in [2.75, 3.05) is 6.61 Å². The average molecular weight is 262 g/mol. The van der Waals surface area contributed by atoms with Crippen LogP contribution in [0.3, 0.4) is 0 Å². The highest BCUT2D eigenvalue weighted by Crippen LogP contribution is 2.15. The second-order valence-electron chi connectivity index (χ2n) is 5.72. The molecule has 0 radical (unpaired) electrons. The summed E-state index contributed by atoms with van der Waals surface area (Å²) in [6.07, 6.45) is 4.73. The van der Waals surface area contributed by atoms with Crippen molar-refractivity contribution >= 4 is 5.97 Å². The monoisotopic (exact) mass is 262 g/mol. The zero-order valence-electron chi connectivity index (χ0n) is 12.4. The number of rotatable bonds is 8. The highest BCUT2D eigenvalue weighted by molar-refractivity contribution is 5.89.